The summed E-state index contributed by atoms with van der Waals surface area (Å²) in [6, 6.07) is 11.1. The molecule has 0 spiro atoms. The van der Waals surface area contributed by atoms with Crippen LogP contribution in [-0.2, 0) is 0 Å². The second-order valence-electron chi connectivity index (χ2n) is 4.96. The summed E-state index contributed by atoms with van der Waals surface area (Å²) in [4.78, 5) is 23.8. The van der Waals surface area contributed by atoms with Crippen LogP contribution < -0.4 is 0 Å². The Hall–Kier alpha value is -2.59. The zero-order chi connectivity index (χ0) is 16.7. The number of rotatable bonds is 6. The highest BCUT2D eigenvalue weighted by atomic mass is 35.5. The van der Waals surface area contributed by atoms with Crippen molar-refractivity contribution in [2.24, 2.45) is 9.98 Å². The van der Waals surface area contributed by atoms with E-state index in [0.717, 1.165) is 16.7 Å². The number of carbonyl (C=O) groups excluding carboxylic acids is 1. The maximum Gasteiger partial charge on any atom is 0.185 e. The molecule has 116 valence electrons. The van der Waals surface area contributed by atoms with Crippen molar-refractivity contribution in [1.82, 2.24) is 4.98 Å². The summed E-state index contributed by atoms with van der Waals surface area (Å²) in [5.41, 5.74) is 3.20. The molecule has 4 nitrogen and oxygen atoms in total. The lowest BCUT2D eigenvalue weighted by Crippen LogP contribution is -2.02. The van der Waals surface area contributed by atoms with E-state index in [-0.39, 0.29) is 12.2 Å². The number of Topliss-reactive ketones (excluding diaryl/α,β-unsaturated/α-hetero) is 1. The second-order valence-corrected chi connectivity index (χ2v) is 5.40. The topological polar surface area (TPSA) is 54.7 Å². The van der Waals surface area contributed by atoms with Gasteiger partial charge >= 0.3 is 0 Å². The van der Waals surface area contributed by atoms with Crippen molar-refractivity contribution in [3.63, 3.8) is 0 Å². The van der Waals surface area contributed by atoms with Crippen LogP contribution in [0.2, 0.25) is 5.02 Å². The molecule has 0 fully saturated rings. The van der Waals surface area contributed by atoms with Gasteiger partial charge in [0.25, 0.3) is 0 Å². The Morgan fingerprint density at radius 1 is 1.22 bits per heavy atom. The van der Waals surface area contributed by atoms with Gasteiger partial charge in [0.15, 0.2) is 5.78 Å². The SMILES string of the molecule is C=N/C=N\C=C(/C)CC(=O)c1ccc(-c2ccc(Cl)cc2)cn1. The Morgan fingerprint density at radius 2 is 1.91 bits per heavy atom. The first-order valence-corrected chi connectivity index (χ1v) is 7.36. The summed E-state index contributed by atoms with van der Waals surface area (Å²) in [7, 11) is 0. The number of ketones is 1. The molecule has 23 heavy (non-hydrogen) atoms. The average Bonchev–Trinajstić information content (AvgIpc) is 2.56. The molecule has 0 bridgehead atoms. The third kappa shape index (κ3) is 4.97. The third-order valence-electron chi connectivity index (χ3n) is 3.11. The van der Waals surface area contributed by atoms with E-state index >= 15 is 0 Å². The van der Waals surface area contributed by atoms with E-state index in [0.29, 0.717) is 10.7 Å². The molecule has 2 rings (SSSR count). The van der Waals surface area contributed by atoms with Gasteiger partial charge in [-0.25, -0.2) is 4.99 Å². The maximum absolute atomic E-state index is 12.2. The molecule has 1 heterocycles. The molecule has 0 N–H and O–H groups in total. The zero-order valence-corrected chi connectivity index (χ0v) is 13.5. The molecule has 0 saturated carbocycles. The van der Waals surface area contributed by atoms with Gasteiger partial charge in [0.1, 0.15) is 12.0 Å². The van der Waals surface area contributed by atoms with Crippen LogP contribution in [0, 0.1) is 0 Å². The number of benzene rings is 1. The molecule has 5 heteroatoms. The Kier molecular flexibility index (Phi) is 5.94. The zero-order valence-electron chi connectivity index (χ0n) is 12.7. The summed E-state index contributed by atoms with van der Waals surface area (Å²) in [6.45, 7) is 5.12. The minimum atomic E-state index is -0.0526. The molecule has 0 amide bonds. The summed E-state index contributed by atoms with van der Waals surface area (Å²) >= 11 is 5.87. The molecule has 0 aliphatic rings. The lowest BCUT2D eigenvalue weighted by molar-refractivity contribution is 0.0988. The highest BCUT2D eigenvalue weighted by Gasteiger charge is 2.08. The Balaban J connectivity index is 2.08. The molecule has 0 radical (unpaired) electrons. The molecule has 0 unspecified atom stereocenters. The number of hydrogen-bond acceptors (Lipinski definition) is 3. The highest BCUT2D eigenvalue weighted by molar-refractivity contribution is 6.30. The van der Waals surface area contributed by atoms with Crippen molar-refractivity contribution < 1.29 is 4.79 Å². The van der Waals surface area contributed by atoms with Crippen molar-refractivity contribution in [1.29, 1.82) is 0 Å². The van der Waals surface area contributed by atoms with Crippen molar-refractivity contribution in [3.05, 3.63) is 65.1 Å². The van der Waals surface area contributed by atoms with Gasteiger partial charge in [-0.15, -0.1) is 0 Å². The Bertz CT molecular complexity index is 747. The molecule has 2 aromatic rings. The minimum absolute atomic E-state index is 0.0526. The molecule has 0 aliphatic carbocycles. The van der Waals surface area contributed by atoms with E-state index < -0.39 is 0 Å². The predicted molar refractivity (Wildman–Crippen MR) is 95.4 cm³/mol. The van der Waals surface area contributed by atoms with Crippen LogP contribution in [0.1, 0.15) is 23.8 Å². The van der Waals surface area contributed by atoms with E-state index in [1.165, 1.54) is 6.34 Å². The van der Waals surface area contributed by atoms with E-state index in [4.69, 9.17) is 11.6 Å². The van der Waals surface area contributed by atoms with Crippen LogP contribution in [0.15, 0.2) is 64.4 Å². The van der Waals surface area contributed by atoms with E-state index in [1.807, 2.05) is 37.3 Å². The van der Waals surface area contributed by atoms with Crippen molar-refractivity contribution >= 4 is 30.4 Å². The fraction of sp³-hybridized carbons (Fsp3) is 0.111. The smallest absolute Gasteiger partial charge is 0.185 e. The van der Waals surface area contributed by atoms with Gasteiger partial charge in [-0.3, -0.25) is 14.8 Å². The number of hydrogen-bond donors (Lipinski definition) is 0. The number of aromatic nitrogens is 1. The van der Waals surface area contributed by atoms with Crippen LogP contribution in [0.4, 0.5) is 0 Å². The van der Waals surface area contributed by atoms with Gasteiger partial charge in [-0.2, -0.15) is 0 Å². The first-order valence-electron chi connectivity index (χ1n) is 6.98. The first kappa shape index (κ1) is 16.8. The molecule has 0 atom stereocenters. The molecular formula is C18H16ClN3O. The van der Waals surface area contributed by atoms with Gasteiger partial charge in [0, 0.05) is 29.4 Å². The van der Waals surface area contributed by atoms with E-state index in [9.17, 15) is 4.79 Å². The molecule has 1 aromatic heterocycles. The Morgan fingerprint density at radius 3 is 2.52 bits per heavy atom. The largest absolute Gasteiger partial charge is 0.292 e. The number of halogens is 1. The van der Waals surface area contributed by atoms with Crippen LogP contribution in [-0.4, -0.2) is 23.8 Å². The standard InChI is InChI=1S/C18H16ClN3O/c1-13(10-21-12-20-2)9-18(23)17-8-5-15(11-22-17)14-3-6-16(19)7-4-14/h3-8,10-12H,2,9H2,1H3/b13-10+,21-12-. The van der Waals surface area contributed by atoms with Gasteiger partial charge in [-0.05, 0) is 43.0 Å². The molecule has 1 aromatic carbocycles. The second kappa shape index (κ2) is 8.15. The van der Waals surface area contributed by atoms with E-state index in [2.05, 4.69) is 21.7 Å². The predicted octanol–water partition coefficient (Wildman–Crippen LogP) is 4.61. The monoisotopic (exact) mass is 325 g/mol. The van der Waals surface area contributed by atoms with Gasteiger partial charge in [0.2, 0.25) is 0 Å². The quantitative estimate of drug-likeness (QED) is 0.442. The van der Waals surface area contributed by atoms with Crippen molar-refractivity contribution in [3.8, 4) is 11.1 Å². The number of carbonyl (C=O) groups is 1. The number of allylic oxidation sites excluding steroid dienone is 1. The van der Waals surface area contributed by atoms with Crippen molar-refractivity contribution in [2.75, 3.05) is 0 Å². The highest BCUT2D eigenvalue weighted by Crippen LogP contribution is 2.21. The summed E-state index contributed by atoms with van der Waals surface area (Å²) in [6.07, 6.45) is 4.87. The van der Waals surface area contributed by atoms with Gasteiger partial charge in [-0.1, -0.05) is 29.8 Å². The van der Waals surface area contributed by atoms with Crippen molar-refractivity contribution in [2.45, 2.75) is 13.3 Å². The Labute approximate surface area is 140 Å². The number of pyridine rings is 1. The fourth-order valence-electron chi connectivity index (χ4n) is 1.97. The molecular weight excluding hydrogens is 310 g/mol. The number of aliphatic imine (C=N–C) groups is 2. The summed E-state index contributed by atoms with van der Waals surface area (Å²) < 4.78 is 0. The van der Waals surface area contributed by atoms with Crippen LogP contribution in [0.25, 0.3) is 11.1 Å². The van der Waals surface area contributed by atoms with Gasteiger partial charge < -0.3 is 0 Å². The van der Waals surface area contributed by atoms with Crippen LogP contribution in [0.5, 0.6) is 0 Å². The maximum atomic E-state index is 12.2. The lowest BCUT2D eigenvalue weighted by Gasteiger charge is -2.04. The molecule has 0 aliphatic heterocycles. The summed E-state index contributed by atoms with van der Waals surface area (Å²) in [5.74, 6) is -0.0526. The normalized spacial score (nSPS) is 11.7. The minimum Gasteiger partial charge on any atom is -0.292 e. The lowest BCUT2D eigenvalue weighted by atomic mass is 10.1. The summed E-state index contributed by atoms with van der Waals surface area (Å²) in [5, 5.41) is 0.685. The van der Waals surface area contributed by atoms with E-state index in [1.54, 1.807) is 18.5 Å². The van der Waals surface area contributed by atoms with Gasteiger partial charge in [0.05, 0.1) is 0 Å². The third-order valence-corrected chi connectivity index (χ3v) is 3.36. The van der Waals surface area contributed by atoms with Crippen LogP contribution >= 0.6 is 11.6 Å². The first-order chi connectivity index (χ1) is 11.1. The molecule has 0 saturated heterocycles. The van der Waals surface area contributed by atoms with Crippen LogP contribution in [0.3, 0.4) is 0 Å². The fourth-order valence-corrected chi connectivity index (χ4v) is 2.10. The number of nitrogens with zero attached hydrogens (tertiary/aromatic N) is 3. The average molecular weight is 326 g/mol.